The fourth-order valence-corrected chi connectivity index (χ4v) is 3.28. The molecule has 0 radical (unpaired) electrons. The predicted molar refractivity (Wildman–Crippen MR) is 86.2 cm³/mol. The number of benzene rings is 1. The fourth-order valence-electron chi connectivity index (χ4n) is 3.28. The van der Waals surface area contributed by atoms with E-state index in [1.54, 1.807) is 0 Å². The first-order chi connectivity index (χ1) is 9.81. The third kappa shape index (κ3) is 3.35. The van der Waals surface area contributed by atoms with Crippen molar-refractivity contribution in [3.05, 3.63) is 29.8 Å². The SMILES string of the molecule is CCC1(CNCc2ccc(N3CCCCC3)cc2)CC1. The Bertz CT molecular complexity index is 414. The van der Waals surface area contributed by atoms with Crippen LogP contribution in [-0.4, -0.2) is 19.6 Å². The third-order valence-electron chi connectivity index (χ3n) is 5.19. The van der Waals surface area contributed by atoms with E-state index in [2.05, 4.69) is 41.4 Å². The minimum atomic E-state index is 0.647. The van der Waals surface area contributed by atoms with Crippen molar-refractivity contribution in [3.63, 3.8) is 0 Å². The molecule has 2 aliphatic rings. The van der Waals surface area contributed by atoms with Crippen LogP contribution in [0.2, 0.25) is 0 Å². The number of anilines is 1. The summed E-state index contributed by atoms with van der Waals surface area (Å²) in [5.74, 6) is 0. The van der Waals surface area contributed by atoms with Gasteiger partial charge in [-0.05, 0) is 61.6 Å². The molecule has 2 nitrogen and oxygen atoms in total. The standard InChI is InChI=1S/C18H28N2/c1-2-18(10-11-18)15-19-14-16-6-8-17(9-7-16)20-12-4-3-5-13-20/h6-9,19H,2-5,10-15H2,1H3. The zero-order valence-electron chi connectivity index (χ0n) is 12.8. The van der Waals surface area contributed by atoms with Crippen LogP contribution in [0.25, 0.3) is 0 Å². The summed E-state index contributed by atoms with van der Waals surface area (Å²) in [6.45, 7) is 6.99. The smallest absolute Gasteiger partial charge is 0.0366 e. The summed E-state index contributed by atoms with van der Waals surface area (Å²) in [7, 11) is 0. The minimum absolute atomic E-state index is 0.647. The topological polar surface area (TPSA) is 15.3 Å². The summed E-state index contributed by atoms with van der Waals surface area (Å²) in [5, 5.41) is 3.64. The first-order valence-corrected chi connectivity index (χ1v) is 8.36. The summed E-state index contributed by atoms with van der Waals surface area (Å²) in [6.07, 6.45) is 8.27. The summed E-state index contributed by atoms with van der Waals surface area (Å²) in [5.41, 5.74) is 3.46. The Morgan fingerprint density at radius 3 is 2.35 bits per heavy atom. The van der Waals surface area contributed by atoms with Crippen molar-refractivity contribution in [2.24, 2.45) is 5.41 Å². The maximum atomic E-state index is 3.64. The van der Waals surface area contributed by atoms with E-state index in [-0.39, 0.29) is 0 Å². The average molecular weight is 272 g/mol. The molecule has 1 aromatic rings. The van der Waals surface area contributed by atoms with Gasteiger partial charge in [-0.2, -0.15) is 0 Å². The van der Waals surface area contributed by atoms with Crippen molar-refractivity contribution in [3.8, 4) is 0 Å². The van der Waals surface area contributed by atoms with Gasteiger partial charge in [0, 0.05) is 31.9 Å². The van der Waals surface area contributed by atoms with E-state index in [0.29, 0.717) is 5.41 Å². The number of nitrogens with zero attached hydrogens (tertiary/aromatic N) is 1. The maximum Gasteiger partial charge on any atom is 0.0366 e. The molecule has 0 atom stereocenters. The van der Waals surface area contributed by atoms with Crippen molar-refractivity contribution in [1.82, 2.24) is 5.32 Å². The molecule has 0 bridgehead atoms. The molecular weight excluding hydrogens is 244 g/mol. The zero-order valence-corrected chi connectivity index (χ0v) is 12.8. The van der Waals surface area contributed by atoms with Gasteiger partial charge < -0.3 is 10.2 Å². The van der Waals surface area contributed by atoms with Crippen LogP contribution in [0.1, 0.15) is 51.0 Å². The van der Waals surface area contributed by atoms with Crippen LogP contribution < -0.4 is 10.2 Å². The van der Waals surface area contributed by atoms with Gasteiger partial charge in [0.25, 0.3) is 0 Å². The zero-order chi connectivity index (χ0) is 13.8. The first-order valence-electron chi connectivity index (χ1n) is 8.36. The third-order valence-corrected chi connectivity index (χ3v) is 5.19. The molecule has 1 aliphatic carbocycles. The molecule has 110 valence electrons. The molecule has 1 saturated heterocycles. The van der Waals surface area contributed by atoms with Gasteiger partial charge in [0.2, 0.25) is 0 Å². The van der Waals surface area contributed by atoms with Gasteiger partial charge in [-0.25, -0.2) is 0 Å². The Morgan fingerprint density at radius 1 is 1.05 bits per heavy atom. The highest BCUT2D eigenvalue weighted by molar-refractivity contribution is 5.47. The number of piperidine rings is 1. The lowest BCUT2D eigenvalue weighted by atomic mass is 10.0. The molecule has 1 N–H and O–H groups in total. The van der Waals surface area contributed by atoms with E-state index in [1.807, 2.05) is 0 Å². The Labute approximate surface area is 123 Å². The van der Waals surface area contributed by atoms with E-state index in [9.17, 15) is 0 Å². The summed E-state index contributed by atoms with van der Waals surface area (Å²) in [6, 6.07) is 9.19. The Hall–Kier alpha value is -1.02. The highest BCUT2D eigenvalue weighted by atomic mass is 15.1. The first kappa shape index (κ1) is 13.9. The highest BCUT2D eigenvalue weighted by Gasteiger charge is 2.39. The summed E-state index contributed by atoms with van der Waals surface area (Å²) >= 11 is 0. The van der Waals surface area contributed by atoms with Crippen molar-refractivity contribution in [2.45, 2.75) is 52.0 Å². The van der Waals surface area contributed by atoms with Gasteiger partial charge in [0.15, 0.2) is 0 Å². The van der Waals surface area contributed by atoms with E-state index in [4.69, 9.17) is 0 Å². The van der Waals surface area contributed by atoms with E-state index >= 15 is 0 Å². The second-order valence-electron chi connectivity index (χ2n) is 6.67. The van der Waals surface area contributed by atoms with Crippen LogP contribution in [0.4, 0.5) is 5.69 Å². The molecular formula is C18H28N2. The highest BCUT2D eigenvalue weighted by Crippen LogP contribution is 2.47. The molecule has 1 heterocycles. The second-order valence-corrected chi connectivity index (χ2v) is 6.67. The lowest BCUT2D eigenvalue weighted by molar-refractivity contribution is 0.443. The van der Waals surface area contributed by atoms with E-state index < -0.39 is 0 Å². The molecule has 2 fully saturated rings. The van der Waals surface area contributed by atoms with Gasteiger partial charge in [0.05, 0.1) is 0 Å². The molecule has 0 amide bonds. The number of rotatable bonds is 6. The van der Waals surface area contributed by atoms with Crippen LogP contribution in [0.15, 0.2) is 24.3 Å². The van der Waals surface area contributed by atoms with Crippen molar-refractivity contribution in [2.75, 3.05) is 24.5 Å². The summed E-state index contributed by atoms with van der Waals surface area (Å²) < 4.78 is 0. The van der Waals surface area contributed by atoms with Crippen LogP contribution >= 0.6 is 0 Å². The lowest BCUT2D eigenvalue weighted by Crippen LogP contribution is -2.29. The monoisotopic (exact) mass is 272 g/mol. The van der Waals surface area contributed by atoms with Crippen molar-refractivity contribution >= 4 is 5.69 Å². The van der Waals surface area contributed by atoms with Gasteiger partial charge in [-0.1, -0.05) is 19.1 Å². The van der Waals surface area contributed by atoms with Crippen molar-refractivity contribution < 1.29 is 0 Å². The summed E-state index contributed by atoms with van der Waals surface area (Å²) in [4.78, 5) is 2.52. The molecule has 20 heavy (non-hydrogen) atoms. The Kier molecular flexibility index (Phi) is 4.30. The van der Waals surface area contributed by atoms with Crippen LogP contribution in [0, 0.1) is 5.41 Å². The molecule has 3 rings (SSSR count). The van der Waals surface area contributed by atoms with Crippen LogP contribution in [0.3, 0.4) is 0 Å². The normalized spacial score (nSPS) is 20.9. The van der Waals surface area contributed by atoms with E-state index in [0.717, 1.165) is 6.54 Å². The Balaban J connectivity index is 1.48. The van der Waals surface area contributed by atoms with Gasteiger partial charge in [-0.3, -0.25) is 0 Å². The molecule has 1 saturated carbocycles. The molecule has 1 aliphatic heterocycles. The maximum absolute atomic E-state index is 3.64. The van der Waals surface area contributed by atoms with Crippen molar-refractivity contribution in [1.29, 1.82) is 0 Å². The van der Waals surface area contributed by atoms with Gasteiger partial charge >= 0.3 is 0 Å². The van der Waals surface area contributed by atoms with E-state index in [1.165, 1.54) is 69.4 Å². The predicted octanol–water partition coefficient (Wildman–Crippen LogP) is 3.96. The van der Waals surface area contributed by atoms with Gasteiger partial charge in [0.1, 0.15) is 0 Å². The largest absolute Gasteiger partial charge is 0.372 e. The number of nitrogens with one attached hydrogen (secondary N) is 1. The molecule has 0 unspecified atom stereocenters. The number of hydrogen-bond donors (Lipinski definition) is 1. The average Bonchev–Trinajstić information content (AvgIpc) is 3.29. The minimum Gasteiger partial charge on any atom is -0.372 e. The number of hydrogen-bond acceptors (Lipinski definition) is 2. The second kappa shape index (κ2) is 6.17. The Morgan fingerprint density at radius 2 is 1.75 bits per heavy atom. The van der Waals surface area contributed by atoms with Crippen LogP contribution in [0.5, 0.6) is 0 Å². The van der Waals surface area contributed by atoms with Gasteiger partial charge in [-0.15, -0.1) is 0 Å². The lowest BCUT2D eigenvalue weighted by Gasteiger charge is -2.28. The molecule has 1 aromatic carbocycles. The quantitative estimate of drug-likeness (QED) is 0.843. The molecule has 0 spiro atoms. The molecule has 2 heteroatoms. The van der Waals surface area contributed by atoms with Crippen LogP contribution in [-0.2, 0) is 6.54 Å². The fraction of sp³-hybridized carbons (Fsp3) is 0.667. The molecule has 0 aromatic heterocycles.